The number of benzene rings is 2. The molecular formula is C22H24N4O3. The summed E-state index contributed by atoms with van der Waals surface area (Å²) in [6.45, 7) is 3.17. The van der Waals surface area contributed by atoms with E-state index < -0.39 is 0 Å². The van der Waals surface area contributed by atoms with Gasteiger partial charge in [-0.1, -0.05) is 18.2 Å². The molecule has 150 valence electrons. The van der Waals surface area contributed by atoms with Gasteiger partial charge in [0.1, 0.15) is 0 Å². The summed E-state index contributed by atoms with van der Waals surface area (Å²) in [7, 11) is 1.63. The number of ether oxygens (including phenoxy) is 1. The molecule has 0 radical (unpaired) electrons. The molecule has 3 aromatic rings. The van der Waals surface area contributed by atoms with Gasteiger partial charge in [-0.05, 0) is 30.3 Å². The van der Waals surface area contributed by atoms with Crippen molar-refractivity contribution in [2.45, 2.75) is 0 Å². The Morgan fingerprint density at radius 1 is 1.10 bits per heavy atom. The molecule has 7 heteroatoms. The van der Waals surface area contributed by atoms with E-state index in [4.69, 9.17) is 4.74 Å². The van der Waals surface area contributed by atoms with Gasteiger partial charge >= 0.3 is 0 Å². The van der Waals surface area contributed by atoms with Crippen molar-refractivity contribution in [3.63, 3.8) is 0 Å². The normalized spacial score (nSPS) is 14.0. The molecule has 0 spiro atoms. The second-order valence-corrected chi connectivity index (χ2v) is 7.10. The monoisotopic (exact) mass is 392 g/mol. The number of hydrogen-bond acceptors (Lipinski definition) is 4. The molecule has 2 heterocycles. The molecule has 2 aromatic carbocycles. The first-order chi connectivity index (χ1) is 14.1. The summed E-state index contributed by atoms with van der Waals surface area (Å²) in [6, 6.07) is 15.3. The van der Waals surface area contributed by atoms with Crippen molar-refractivity contribution < 1.29 is 14.3 Å². The number of para-hydroxylation sites is 1. The number of morpholine rings is 1. The van der Waals surface area contributed by atoms with Gasteiger partial charge in [-0.25, -0.2) is 0 Å². The SMILES string of the molecule is CN(CC(=O)Nc1ccc(N2CCOCC2)cc1)C(=O)c1c[nH]c2ccccc12. The van der Waals surface area contributed by atoms with Crippen LogP contribution in [0.1, 0.15) is 10.4 Å². The number of aromatic amines is 1. The van der Waals surface area contributed by atoms with E-state index in [-0.39, 0.29) is 18.4 Å². The Balaban J connectivity index is 1.35. The number of hydrogen-bond donors (Lipinski definition) is 2. The number of anilines is 2. The average Bonchev–Trinajstić information content (AvgIpc) is 3.18. The lowest BCUT2D eigenvalue weighted by Gasteiger charge is -2.28. The first kappa shape index (κ1) is 19.0. The number of likely N-dealkylation sites (N-methyl/N-ethyl adjacent to an activating group) is 1. The van der Waals surface area contributed by atoms with Gasteiger partial charge < -0.3 is 24.8 Å². The minimum Gasteiger partial charge on any atom is -0.378 e. The van der Waals surface area contributed by atoms with E-state index in [0.29, 0.717) is 11.3 Å². The first-order valence-corrected chi connectivity index (χ1v) is 9.66. The predicted molar refractivity (Wildman–Crippen MR) is 113 cm³/mol. The number of nitrogens with one attached hydrogen (secondary N) is 2. The van der Waals surface area contributed by atoms with Crippen molar-refractivity contribution >= 4 is 34.1 Å². The summed E-state index contributed by atoms with van der Waals surface area (Å²) in [4.78, 5) is 31.9. The van der Waals surface area contributed by atoms with Crippen LogP contribution in [0, 0.1) is 0 Å². The largest absolute Gasteiger partial charge is 0.378 e. The van der Waals surface area contributed by atoms with Gasteiger partial charge in [-0.3, -0.25) is 9.59 Å². The lowest BCUT2D eigenvalue weighted by atomic mass is 10.1. The fourth-order valence-corrected chi connectivity index (χ4v) is 3.52. The van der Waals surface area contributed by atoms with Crippen LogP contribution in [0.2, 0.25) is 0 Å². The highest BCUT2D eigenvalue weighted by Gasteiger charge is 2.18. The molecule has 2 N–H and O–H groups in total. The number of amides is 2. The molecule has 1 aliphatic heterocycles. The van der Waals surface area contributed by atoms with Crippen molar-refractivity contribution in [1.29, 1.82) is 0 Å². The maximum Gasteiger partial charge on any atom is 0.256 e. The van der Waals surface area contributed by atoms with Crippen LogP contribution in [0.4, 0.5) is 11.4 Å². The second-order valence-electron chi connectivity index (χ2n) is 7.10. The molecule has 1 saturated heterocycles. The molecule has 2 amide bonds. The van der Waals surface area contributed by atoms with Gasteiger partial charge in [0.25, 0.3) is 5.91 Å². The molecule has 0 aliphatic carbocycles. The average molecular weight is 392 g/mol. The highest BCUT2D eigenvalue weighted by Crippen LogP contribution is 2.20. The third-order valence-electron chi connectivity index (χ3n) is 5.07. The lowest BCUT2D eigenvalue weighted by Crippen LogP contribution is -2.36. The van der Waals surface area contributed by atoms with Crippen molar-refractivity contribution in [1.82, 2.24) is 9.88 Å². The molecule has 1 fully saturated rings. The topological polar surface area (TPSA) is 77.7 Å². The van der Waals surface area contributed by atoms with Crippen LogP contribution < -0.4 is 10.2 Å². The summed E-state index contributed by atoms with van der Waals surface area (Å²) in [5, 5.41) is 3.71. The highest BCUT2D eigenvalue weighted by atomic mass is 16.5. The van der Waals surface area contributed by atoms with Gasteiger partial charge in [0.05, 0.1) is 25.3 Å². The molecule has 29 heavy (non-hydrogen) atoms. The smallest absolute Gasteiger partial charge is 0.256 e. The number of aromatic nitrogens is 1. The molecule has 0 bridgehead atoms. The van der Waals surface area contributed by atoms with E-state index in [9.17, 15) is 9.59 Å². The van der Waals surface area contributed by atoms with E-state index >= 15 is 0 Å². The maximum absolute atomic E-state index is 12.7. The van der Waals surface area contributed by atoms with Gasteiger partial charge in [-0.2, -0.15) is 0 Å². The van der Waals surface area contributed by atoms with Crippen LogP contribution in [-0.4, -0.2) is 61.6 Å². The summed E-state index contributed by atoms with van der Waals surface area (Å²) in [5.41, 5.74) is 3.28. The minimum absolute atomic E-state index is 0.0243. The quantitative estimate of drug-likeness (QED) is 0.700. The molecule has 0 atom stereocenters. The Hall–Kier alpha value is -3.32. The number of nitrogens with zero attached hydrogens (tertiary/aromatic N) is 2. The molecule has 0 unspecified atom stereocenters. The van der Waals surface area contributed by atoms with Crippen molar-refractivity contribution in [3.8, 4) is 0 Å². The second kappa shape index (κ2) is 8.36. The zero-order valence-electron chi connectivity index (χ0n) is 16.4. The van der Waals surface area contributed by atoms with E-state index in [0.717, 1.165) is 42.9 Å². The Morgan fingerprint density at radius 2 is 1.83 bits per heavy atom. The molecule has 7 nitrogen and oxygen atoms in total. The zero-order chi connectivity index (χ0) is 20.2. The van der Waals surface area contributed by atoms with Crippen LogP contribution in [0.25, 0.3) is 10.9 Å². The number of fused-ring (bicyclic) bond motifs is 1. The predicted octanol–water partition coefficient (Wildman–Crippen LogP) is 2.72. The summed E-state index contributed by atoms with van der Waals surface area (Å²) in [5.74, 6) is -0.430. The summed E-state index contributed by atoms with van der Waals surface area (Å²) >= 11 is 0. The Labute approximate surface area is 169 Å². The highest BCUT2D eigenvalue weighted by molar-refractivity contribution is 6.08. The fraction of sp³-hybridized carbons (Fsp3) is 0.273. The van der Waals surface area contributed by atoms with Crippen LogP contribution in [0.15, 0.2) is 54.7 Å². The standard InChI is InChI=1S/C22H24N4O3/c1-25(22(28)19-14-23-20-5-3-2-4-18(19)20)15-21(27)24-16-6-8-17(9-7-16)26-10-12-29-13-11-26/h2-9,14,23H,10-13,15H2,1H3,(H,24,27). The third kappa shape index (κ3) is 4.25. The van der Waals surface area contributed by atoms with E-state index in [2.05, 4.69) is 15.2 Å². The van der Waals surface area contributed by atoms with Crippen LogP contribution in [0.5, 0.6) is 0 Å². The van der Waals surface area contributed by atoms with Gasteiger partial charge in [0.2, 0.25) is 5.91 Å². The molecule has 0 saturated carbocycles. The van der Waals surface area contributed by atoms with Gasteiger partial charge in [-0.15, -0.1) is 0 Å². The number of carbonyl (C=O) groups is 2. The zero-order valence-corrected chi connectivity index (χ0v) is 16.4. The Morgan fingerprint density at radius 3 is 2.59 bits per heavy atom. The number of rotatable bonds is 5. The summed E-state index contributed by atoms with van der Waals surface area (Å²) < 4.78 is 5.37. The molecule has 1 aliphatic rings. The Kier molecular flexibility index (Phi) is 5.48. The molecule has 4 rings (SSSR count). The first-order valence-electron chi connectivity index (χ1n) is 9.66. The van der Waals surface area contributed by atoms with Crippen LogP contribution >= 0.6 is 0 Å². The van der Waals surface area contributed by atoms with Gasteiger partial charge in [0.15, 0.2) is 0 Å². The third-order valence-corrected chi connectivity index (χ3v) is 5.07. The van der Waals surface area contributed by atoms with Crippen LogP contribution in [-0.2, 0) is 9.53 Å². The van der Waals surface area contributed by atoms with Crippen molar-refractivity contribution in [2.75, 3.05) is 50.1 Å². The van der Waals surface area contributed by atoms with Crippen molar-refractivity contribution in [2.24, 2.45) is 0 Å². The lowest BCUT2D eigenvalue weighted by molar-refractivity contribution is -0.116. The van der Waals surface area contributed by atoms with Crippen molar-refractivity contribution in [3.05, 3.63) is 60.3 Å². The number of H-pyrrole nitrogens is 1. The van der Waals surface area contributed by atoms with E-state index in [1.807, 2.05) is 48.5 Å². The van der Waals surface area contributed by atoms with Crippen LogP contribution in [0.3, 0.4) is 0 Å². The van der Waals surface area contributed by atoms with E-state index in [1.165, 1.54) is 4.90 Å². The van der Waals surface area contributed by atoms with Gasteiger partial charge in [0, 0.05) is 48.6 Å². The van der Waals surface area contributed by atoms with E-state index in [1.54, 1.807) is 13.2 Å². The summed E-state index contributed by atoms with van der Waals surface area (Å²) in [6.07, 6.45) is 1.69. The fourth-order valence-electron chi connectivity index (χ4n) is 3.52. The maximum atomic E-state index is 12.7. The molecular weight excluding hydrogens is 368 g/mol. The number of carbonyl (C=O) groups excluding carboxylic acids is 2. The molecule has 1 aromatic heterocycles. The Bertz CT molecular complexity index is 1010. The minimum atomic E-state index is -0.236.